The molecule has 19 heavy (non-hydrogen) atoms. The molecule has 0 saturated carbocycles. The number of nitrogens with zero attached hydrogens (tertiary/aromatic N) is 1. The second kappa shape index (κ2) is 5.89. The van der Waals surface area contributed by atoms with Gasteiger partial charge in [0.05, 0.1) is 22.7 Å². The van der Waals surface area contributed by atoms with Crippen molar-refractivity contribution in [2.75, 3.05) is 31.7 Å². The lowest BCUT2D eigenvalue weighted by Gasteiger charge is -2.14. The maximum atomic E-state index is 11.9. The number of anilines is 2. The van der Waals surface area contributed by atoms with Crippen molar-refractivity contribution in [1.29, 1.82) is 0 Å². The molecule has 0 amide bonds. The number of nitrogens with one attached hydrogen (secondary N) is 1. The molecule has 0 unspecified atom stereocenters. The zero-order chi connectivity index (χ0) is 14.6. The van der Waals surface area contributed by atoms with Crippen molar-refractivity contribution in [2.45, 2.75) is 11.3 Å². The molecule has 0 aromatic heterocycles. The van der Waals surface area contributed by atoms with Gasteiger partial charge in [0.15, 0.2) is 0 Å². The topological polar surface area (TPSA) is 113 Å². The number of sulfonamides is 1. The van der Waals surface area contributed by atoms with E-state index in [1.54, 1.807) is 0 Å². The van der Waals surface area contributed by atoms with Gasteiger partial charge in [0.25, 0.3) is 0 Å². The fourth-order valence-corrected chi connectivity index (χ4v) is 2.31. The number of hydrogen-bond donors (Lipinski definition) is 3. The molecule has 0 bridgehead atoms. The normalized spacial score (nSPS) is 11.5. The number of rotatable bonds is 6. The predicted molar refractivity (Wildman–Crippen MR) is 72.5 cm³/mol. The van der Waals surface area contributed by atoms with E-state index in [1.807, 2.05) is 0 Å². The van der Waals surface area contributed by atoms with Crippen molar-refractivity contribution < 1.29 is 18.3 Å². The number of nitrogen functional groups attached to an aromatic ring is 1. The van der Waals surface area contributed by atoms with Gasteiger partial charge in [-0.15, -0.1) is 0 Å². The van der Waals surface area contributed by atoms with Crippen molar-refractivity contribution in [2.24, 2.45) is 0 Å². The summed E-state index contributed by atoms with van der Waals surface area (Å²) in [6, 6.07) is 4.29. The van der Waals surface area contributed by atoms with Gasteiger partial charge < -0.3 is 16.2 Å². The Morgan fingerprint density at radius 2 is 2.05 bits per heavy atom. The molecular formula is C11H17N3O4S. The molecule has 1 aromatic rings. The van der Waals surface area contributed by atoms with Gasteiger partial charge in [-0.3, -0.25) is 4.79 Å². The Hall–Kier alpha value is -1.80. The molecule has 1 aromatic carbocycles. The van der Waals surface area contributed by atoms with E-state index in [4.69, 9.17) is 10.8 Å². The van der Waals surface area contributed by atoms with Crippen LogP contribution in [0.5, 0.6) is 0 Å². The van der Waals surface area contributed by atoms with Crippen LogP contribution in [0.15, 0.2) is 23.1 Å². The van der Waals surface area contributed by atoms with Gasteiger partial charge in [0.2, 0.25) is 10.0 Å². The minimum Gasteiger partial charge on any atom is -0.481 e. The predicted octanol–water partition coefficient (Wildman–Crippen LogP) is 0.406. The molecule has 0 aliphatic carbocycles. The summed E-state index contributed by atoms with van der Waals surface area (Å²) in [5.74, 6) is -0.919. The van der Waals surface area contributed by atoms with E-state index in [2.05, 4.69) is 5.32 Å². The number of benzene rings is 1. The summed E-state index contributed by atoms with van der Waals surface area (Å²) in [6.45, 7) is 0.222. The molecule has 7 nitrogen and oxygen atoms in total. The van der Waals surface area contributed by atoms with Gasteiger partial charge in [-0.05, 0) is 18.2 Å². The summed E-state index contributed by atoms with van der Waals surface area (Å²) in [7, 11) is -0.649. The van der Waals surface area contributed by atoms with Gasteiger partial charge in [0.1, 0.15) is 0 Å². The third-order valence-electron chi connectivity index (χ3n) is 2.46. The lowest BCUT2D eigenvalue weighted by molar-refractivity contribution is -0.136. The SMILES string of the molecule is CN(C)S(=O)(=O)c1ccc(NCCC(=O)O)c(N)c1. The van der Waals surface area contributed by atoms with Gasteiger partial charge in [0, 0.05) is 20.6 Å². The van der Waals surface area contributed by atoms with Crippen molar-refractivity contribution in [3.05, 3.63) is 18.2 Å². The molecule has 0 aliphatic rings. The third kappa shape index (κ3) is 3.83. The monoisotopic (exact) mass is 287 g/mol. The minimum absolute atomic E-state index is 0.0445. The van der Waals surface area contributed by atoms with E-state index in [0.717, 1.165) is 4.31 Å². The minimum atomic E-state index is -3.52. The van der Waals surface area contributed by atoms with Crippen LogP contribution < -0.4 is 11.1 Å². The van der Waals surface area contributed by atoms with Gasteiger partial charge in [-0.1, -0.05) is 0 Å². The Balaban J connectivity index is 2.89. The van der Waals surface area contributed by atoms with Crippen LogP contribution in [0.4, 0.5) is 11.4 Å². The lowest BCUT2D eigenvalue weighted by atomic mass is 10.2. The van der Waals surface area contributed by atoms with Crippen LogP contribution in [-0.4, -0.2) is 44.4 Å². The summed E-state index contributed by atoms with van der Waals surface area (Å²) in [5.41, 5.74) is 6.51. The van der Waals surface area contributed by atoms with E-state index >= 15 is 0 Å². The zero-order valence-corrected chi connectivity index (χ0v) is 11.6. The summed E-state index contributed by atoms with van der Waals surface area (Å²) in [6.07, 6.45) is -0.0445. The van der Waals surface area contributed by atoms with Crippen molar-refractivity contribution in [3.63, 3.8) is 0 Å². The highest BCUT2D eigenvalue weighted by molar-refractivity contribution is 7.89. The largest absolute Gasteiger partial charge is 0.481 e. The number of carbonyl (C=O) groups is 1. The number of aliphatic carboxylic acids is 1. The molecule has 0 radical (unpaired) electrons. The first-order chi connectivity index (χ1) is 8.75. The van der Waals surface area contributed by atoms with Crippen LogP contribution >= 0.6 is 0 Å². The number of nitrogens with two attached hydrogens (primary N) is 1. The second-order valence-corrected chi connectivity index (χ2v) is 6.26. The molecule has 4 N–H and O–H groups in total. The van der Waals surface area contributed by atoms with E-state index in [9.17, 15) is 13.2 Å². The first-order valence-corrected chi connectivity index (χ1v) is 6.97. The molecular weight excluding hydrogens is 270 g/mol. The molecule has 0 heterocycles. The molecule has 0 atom stereocenters. The standard InChI is InChI=1S/C11H17N3O4S/c1-14(2)19(17,18)8-3-4-10(9(12)7-8)13-6-5-11(15)16/h3-4,7,13H,5-6,12H2,1-2H3,(H,15,16). The summed E-state index contributed by atoms with van der Waals surface area (Å²) in [5, 5.41) is 11.4. The average molecular weight is 287 g/mol. The molecule has 0 saturated heterocycles. The Morgan fingerprint density at radius 1 is 1.42 bits per heavy atom. The van der Waals surface area contributed by atoms with Gasteiger partial charge in [-0.2, -0.15) is 0 Å². The van der Waals surface area contributed by atoms with E-state index < -0.39 is 16.0 Å². The summed E-state index contributed by atoms with van der Waals surface area (Å²) < 4.78 is 24.8. The highest BCUT2D eigenvalue weighted by Crippen LogP contribution is 2.23. The number of carboxylic acid groups (broad SMARTS) is 1. The summed E-state index contributed by atoms with van der Waals surface area (Å²) in [4.78, 5) is 10.5. The average Bonchev–Trinajstić information content (AvgIpc) is 2.30. The summed E-state index contributed by atoms with van der Waals surface area (Å²) >= 11 is 0. The maximum Gasteiger partial charge on any atom is 0.305 e. The smallest absolute Gasteiger partial charge is 0.305 e. The first-order valence-electron chi connectivity index (χ1n) is 5.53. The highest BCUT2D eigenvalue weighted by Gasteiger charge is 2.17. The van der Waals surface area contributed by atoms with E-state index in [0.29, 0.717) is 5.69 Å². The van der Waals surface area contributed by atoms with Crippen LogP contribution in [0, 0.1) is 0 Å². The van der Waals surface area contributed by atoms with E-state index in [-0.39, 0.29) is 23.5 Å². The number of carboxylic acids is 1. The zero-order valence-electron chi connectivity index (χ0n) is 10.8. The maximum absolute atomic E-state index is 11.9. The fraction of sp³-hybridized carbons (Fsp3) is 0.364. The van der Waals surface area contributed by atoms with Gasteiger partial charge in [-0.25, -0.2) is 12.7 Å². The Bertz CT molecular complexity index is 569. The molecule has 1 rings (SSSR count). The molecule has 0 aliphatic heterocycles. The Labute approximate surface area is 112 Å². The lowest BCUT2D eigenvalue weighted by Crippen LogP contribution is -2.22. The molecule has 0 spiro atoms. The quantitative estimate of drug-likeness (QED) is 0.653. The molecule has 8 heteroatoms. The highest BCUT2D eigenvalue weighted by atomic mass is 32.2. The van der Waals surface area contributed by atoms with E-state index in [1.165, 1.54) is 32.3 Å². The fourth-order valence-electron chi connectivity index (χ4n) is 1.38. The molecule has 0 fully saturated rings. The van der Waals surface area contributed by atoms with Crippen LogP contribution in [0.2, 0.25) is 0 Å². The third-order valence-corrected chi connectivity index (χ3v) is 4.27. The number of hydrogen-bond acceptors (Lipinski definition) is 5. The van der Waals surface area contributed by atoms with Crippen LogP contribution in [-0.2, 0) is 14.8 Å². The Kier molecular flexibility index (Phi) is 4.73. The van der Waals surface area contributed by atoms with Crippen molar-refractivity contribution in [1.82, 2.24) is 4.31 Å². The second-order valence-electron chi connectivity index (χ2n) is 4.11. The van der Waals surface area contributed by atoms with Gasteiger partial charge >= 0.3 is 5.97 Å². The van der Waals surface area contributed by atoms with Crippen LogP contribution in [0.1, 0.15) is 6.42 Å². The van der Waals surface area contributed by atoms with Crippen LogP contribution in [0.25, 0.3) is 0 Å². The van der Waals surface area contributed by atoms with Crippen LogP contribution in [0.3, 0.4) is 0 Å². The first kappa shape index (κ1) is 15.3. The Morgan fingerprint density at radius 3 is 2.53 bits per heavy atom. The molecule has 106 valence electrons. The van der Waals surface area contributed by atoms with Crippen molar-refractivity contribution >= 4 is 27.4 Å². The van der Waals surface area contributed by atoms with Crippen molar-refractivity contribution in [3.8, 4) is 0 Å².